The summed E-state index contributed by atoms with van der Waals surface area (Å²) in [6.45, 7) is 7.68. The Kier molecular flexibility index (Phi) is 5.32. The fourth-order valence-corrected chi connectivity index (χ4v) is 4.41. The molecule has 7 heteroatoms. The van der Waals surface area contributed by atoms with Crippen molar-refractivity contribution in [2.75, 3.05) is 26.7 Å². The molecular formula is C20H32N6O. The fourth-order valence-electron chi connectivity index (χ4n) is 4.41. The van der Waals surface area contributed by atoms with Crippen LogP contribution in [0.25, 0.3) is 0 Å². The zero-order valence-electron chi connectivity index (χ0n) is 17.0. The van der Waals surface area contributed by atoms with E-state index in [-0.39, 0.29) is 6.04 Å². The highest BCUT2D eigenvalue weighted by Gasteiger charge is 2.35. The van der Waals surface area contributed by atoms with Gasteiger partial charge in [-0.15, -0.1) is 0 Å². The Bertz CT molecular complexity index is 751. The summed E-state index contributed by atoms with van der Waals surface area (Å²) in [6.07, 6.45) is 9.11. The topological polar surface area (TPSA) is 63.2 Å². The van der Waals surface area contributed by atoms with Crippen molar-refractivity contribution in [2.45, 2.75) is 57.5 Å². The van der Waals surface area contributed by atoms with Gasteiger partial charge in [0.1, 0.15) is 0 Å². The Balaban J connectivity index is 1.47. The van der Waals surface area contributed by atoms with E-state index in [1.807, 2.05) is 17.9 Å². The molecule has 2 aromatic rings. The molecule has 3 atom stereocenters. The van der Waals surface area contributed by atoms with Crippen molar-refractivity contribution in [2.24, 2.45) is 13.0 Å². The molecule has 1 aliphatic carbocycles. The monoisotopic (exact) mass is 372 g/mol. The maximum Gasteiger partial charge on any atom is 0.243 e. The van der Waals surface area contributed by atoms with Crippen LogP contribution in [0.4, 0.5) is 0 Å². The van der Waals surface area contributed by atoms with Gasteiger partial charge in [0, 0.05) is 37.3 Å². The predicted molar refractivity (Wildman–Crippen MR) is 103 cm³/mol. The van der Waals surface area contributed by atoms with Crippen molar-refractivity contribution in [1.82, 2.24) is 29.7 Å². The van der Waals surface area contributed by atoms with E-state index in [4.69, 9.17) is 4.52 Å². The number of hydrogen-bond donors (Lipinski definition) is 0. The highest BCUT2D eigenvalue weighted by Crippen LogP contribution is 2.39. The average molecular weight is 373 g/mol. The molecule has 0 spiro atoms. The lowest BCUT2D eigenvalue weighted by Crippen LogP contribution is -2.43. The number of piperidine rings is 1. The molecule has 0 bridgehead atoms. The molecule has 2 fully saturated rings. The minimum absolute atomic E-state index is 0.136. The molecule has 0 radical (unpaired) electrons. The second-order valence-electron chi connectivity index (χ2n) is 8.30. The van der Waals surface area contributed by atoms with E-state index in [0.29, 0.717) is 17.9 Å². The summed E-state index contributed by atoms with van der Waals surface area (Å²) in [5.41, 5.74) is 1.33. The molecule has 1 saturated carbocycles. The minimum atomic E-state index is 0.136. The van der Waals surface area contributed by atoms with E-state index in [1.54, 1.807) is 0 Å². The quantitative estimate of drug-likeness (QED) is 0.744. The van der Waals surface area contributed by atoms with Gasteiger partial charge < -0.3 is 4.52 Å². The summed E-state index contributed by atoms with van der Waals surface area (Å²) in [4.78, 5) is 9.63. The van der Waals surface area contributed by atoms with Gasteiger partial charge in [0.2, 0.25) is 5.89 Å². The lowest BCUT2D eigenvalue weighted by Gasteiger charge is -2.42. The molecule has 7 nitrogen and oxygen atoms in total. The molecule has 0 aromatic carbocycles. The first-order valence-electron chi connectivity index (χ1n) is 10.3. The van der Waals surface area contributed by atoms with Gasteiger partial charge in [-0.2, -0.15) is 10.1 Å². The molecule has 1 saturated heterocycles. The van der Waals surface area contributed by atoms with Crippen LogP contribution in [0.2, 0.25) is 0 Å². The van der Waals surface area contributed by atoms with Crippen LogP contribution in [0.1, 0.15) is 74.8 Å². The Morgan fingerprint density at radius 2 is 2.15 bits per heavy atom. The van der Waals surface area contributed by atoms with Gasteiger partial charge >= 0.3 is 0 Å². The van der Waals surface area contributed by atoms with Crippen LogP contribution in [0.5, 0.6) is 0 Å². The van der Waals surface area contributed by atoms with Crippen LogP contribution in [0.3, 0.4) is 0 Å². The van der Waals surface area contributed by atoms with Crippen molar-refractivity contribution in [1.29, 1.82) is 0 Å². The lowest BCUT2D eigenvalue weighted by molar-refractivity contribution is 0.0638. The smallest absolute Gasteiger partial charge is 0.243 e. The van der Waals surface area contributed by atoms with Gasteiger partial charge in [-0.05, 0) is 58.7 Å². The predicted octanol–water partition coefficient (Wildman–Crippen LogP) is 3.15. The van der Waals surface area contributed by atoms with Crippen LogP contribution in [-0.4, -0.2) is 56.4 Å². The Hall–Kier alpha value is -1.73. The van der Waals surface area contributed by atoms with E-state index >= 15 is 0 Å². The zero-order valence-corrected chi connectivity index (χ0v) is 17.0. The van der Waals surface area contributed by atoms with Crippen LogP contribution < -0.4 is 0 Å². The van der Waals surface area contributed by atoms with Crippen molar-refractivity contribution in [3.05, 3.63) is 29.7 Å². The van der Waals surface area contributed by atoms with Crippen molar-refractivity contribution < 1.29 is 4.52 Å². The second kappa shape index (κ2) is 7.72. The maximum absolute atomic E-state index is 5.57. The van der Waals surface area contributed by atoms with Crippen molar-refractivity contribution >= 4 is 0 Å². The molecular weight excluding hydrogens is 340 g/mol. The Morgan fingerprint density at radius 3 is 2.81 bits per heavy atom. The molecule has 148 valence electrons. The summed E-state index contributed by atoms with van der Waals surface area (Å²) in [6, 6.07) is 0.563. The number of nitrogens with zero attached hydrogens (tertiary/aromatic N) is 6. The first-order valence-corrected chi connectivity index (χ1v) is 10.3. The van der Waals surface area contributed by atoms with E-state index in [9.17, 15) is 0 Å². The van der Waals surface area contributed by atoms with E-state index in [1.165, 1.54) is 37.8 Å². The molecule has 2 aliphatic rings. The molecule has 3 heterocycles. The largest absolute Gasteiger partial charge is 0.338 e. The zero-order chi connectivity index (χ0) is 19.0. The number of aryl methyl sites for hydroxylation is 1. The average Bonchev–Trinajstić information content (AvgIpc) is 3.24. The van der Waals surface area contributed by atoms with Crippen LogP contribution in [0.15, 0.2) is 16.9 Å². The fraction of sp³-hybridized carbons (Fsp3) is 0.750. The summed E-state index contributed by atoms with van der Waals surface area (Å²) < 4.78 is 7.48. The van der Waals surface area contributed by atoms with E-state index < -0.39 is 0 Å². The molecule has 27 heavy (non-hydrogen) atoms. The third-order valence-electron chi connectivity index (χ3n) is 6.27. The van der Waals surface area contributed by atoms with Gasteiger partial charge in [0.15, 0.2) is 5.82 Å². The van der Waals surface area contributed by atoms with Crippen LogP contribution >= 0.6 is 0 Å². The van der Waals surface area contributed by atoms with Gasteiger partial charge in [-0.25, -0.2) is 0 Å². The number of hydrogen-bond acceptors (Lipinski definition) is 6. The summed E-state index contributed by atoms with van der Waals surface area (Å²) in [5.74, 6) is 2.75. The third-order valence-corrected chi connectivity index (χ3v) is 6.27. The Morgan fingerprint density at radius 1 is 1.33 bits per heavy atom. The van der Waals surface area contributed by atoms with Gasteiger partial charge in [0.25, 0.3) is 0 Å². The highest BCUT2D eigenvalue weighted by atomic mass is 16.5. The molecule has 1 aliphatic heterocycles. The molecule has 0 N–H and O–H groups in total. The van der Waals surface area contributed by atoms with Crippen LogP contribution in [0, 0.1) is 5.92 Å². The standard InChI is InChI=1S/C20H32N6O/c1-5-26-10-6-7-16(18(26)17-11-21-25(4)13-17)12-24(3)14(2)20-22-19(23-27-20)15-8-9-15/h11,13-16,18H,5-10,12H2,1-4H3/t14-,16+,18-/m1/s1. The summed E-state index contributed by atoms with van der Waals surface area (Å²) in [7, 11) is 4.18. The van der Waals surface area contributed by atoms with E-state index in [2.05, 4.69) is 52.1 Å². The number of aromatic nitrogens is 4. The second-order valence-corrected chi connectivity index (χ2v) is 8.30. The van der Waals surface area contributed by atoms with Gasteiger partial charge in [0.05, 0.1) is 12.2 Å². The Labute approximate surface area is 161 Å². The van der Waals surface area contributed by atoms with E-state index in [0.717, 1.165) is 24.8 Å². The van der Waals surface area contributed by atoms with Gasteiger partial charge in [-0.1, -0.05) is 12.1 Å². The molecule has 0 unspecified atom stereocenters. The molecule has 4 rings (SSSR count). The van der Waals surface area contributed by atoms with Crippen molar-refractivity contribution in [3.8, 4) is 0 Å². The minimum Gasteiger partial charge on any atom is -0.338 e. The molecule has 2 aromatic heterocycles. The first kappa shape index (κ1) is 18.6. The maximum atomic E-state index is 5.57. The summed E-state index contributed by atoms with van der Waals surface area (Å²) >= 11 is 0. The molecule has 0 amide bonds. The summed E-state index contributed by atoms with van der Waals surface area (Å²) in [5, 5.41) is 8.61. The number of rotatable bonds is 7. The lowest BCUT2D eigenvalue weighted by atomic mass is 9.85. The third kappa shape index (κ3) is 3.94. The first-order chi connectivity index (χ1) is 13.1. The van der Waals surface area contributed by atoms with Gasteiger partial charge in [-0.3, -0.25) is 14.5 Å². The normalized spacial score (nSPS) is 25.2. The number of likely N-dealkylation sites (tertiary alicyclic amines) is 1. The highest BCUT2D eigenvalue weighted by molar-refractivity contribution is 5.14. The SMILES string of the molecule is CCN1CCC[C@@H](CN(C)[C@H](C)c2nc(C3CC3)no2)[C@@H]1c1cnn(C)c1. The van der Waals surface area contributed by atoms with Crippen LogP contribution in [-0.2, 0) is 7.05 Å². The van der Waals surface area contributed by atoms with Crippen molar-refractivity contribution in [3.63, 3.8) is 0 Å².